The Morgan fingerprint density at radius 1 is 1.07 bits per heavy atom. The highest BCUT2D eigenvalue weighted by Crippen LogP contribution is 2.36. The molecule has 2 amide bonds. The van der Waals surface area contributed by atoms with Gasteiger partial charge in [-0.1, -0.05) is 37.3 Å². The van der Waals surface area contributed by atoms with Crippen LogP contribution in [0.15, 0.2) is 48.5 Å². The number of amides is 2. The predicted octanol–water partition coefficient (Wildman–Crippen LogP) is 3.73. The maximum atomic E-state index is 13.0. The Morgan fingerprint density at radius 3 is 2.59 bits per heavy atom. The fourth-order valence-electron chi connectivity index (χ4n) is 3.94. The molecule has 2 aliphatic heterocycles. The van der Waals surface area contributed by atoms with E-state index in [1.807, 2.05) is 47.4 Å². The van der Waals surface area contributed by atoms with Crippen molar-refractivity contribution in [2.24, 2.45) is 0 Å². The molecule has 140 valence electrons. The van der Waals surface area contributed by atoms with Gasteiger partial charge in [-0.3, -0.25) is 9.59 Å². The van der Waals surface area contributed by atoms with Gasteiger partial charge < -0.3 is 14.5 Å². The van der Waals surface area contributed by atoms with Crippen molar-refractivity contribution in [2.45, 2.75) is 38.7 Å². The van der Waals surface area contributed by atoms with Gasteiger partial charge in [0.15, 0.2) is 6.10 Å². The molecule has 5 heteroatoms. The van der Waals surface area contributed by atoms with E-state index in [-0.39, 0.29) is 18.2 Å². The second kappa shape index (κ2) is 7.06. The molecule has 0 aromatic heterocycles. The summed E-state index contributed by atoms with van der Waals surface area (Å²) in [5.74, 6) is 1.10. The summed E-state index contributed by atoms with van der Waals surface area (Å²) < 4.78 is 5.67. The zero-order chi connectivity index (χ0) is 19.0. The van der Waals surface area contributed by atoms with Crippen molar-refractivity contribution in [1.29, 1.82) is 0 Å². The normalized spacial score (nSPS) is 21.3. The fourth-order valence-corrected chi connectivity index (χ4v) is 3.94. The van der Waals surface area contributed by atoms with E-state index < -0.39 is 6.10 Å². The van der Waals surface area contributed by atoms with E-state index in [4.69, 9.17) is 4.74 Å². The van der Waals surface area contributed by atoms with Gasteiger partial charge >= 0.3 is 0 Å². The quantitative estimate of drug-likeness (QED) is 0.834. The second-order valence-corrected chi connectivity index (χ2v) is 7.26. The van der Waals surface area contributed by atoms with Gasteiger partial charge in [0.1, 0.15) is 5.75 Å². The largest absolute Gasteiger partial charge is 0.479 e. The van der Waals surface area contributed by atoms with E-state index in [1.54, 1.807) is 11.8 Å². The molecule has 0 fully saturated rings. The molecule has 0 saturated heterocycles. The van der Waals surface area contributed by atoms with E-state index in [2.05, 4.69) is 13.0 Å². The molecule has 2 aromatic rings. The third-order valence-corrected chi connectivity index (χ3v) is 5.47. The van der Waals surface area contributed by atoms with Crippen LogP contribution in [0.25, 0.3) is 0 Å². The lowest BCUT2D eigenvalue weighted by atomic mass is 9.91. The Labute approximate surface area is 159 Å². The lowest BCUT2D eigenvalue weighted by Crippen LogP contribution is -2.46. The Balaban J connectivity index is 1.52. The Hall–Kier alpha value is -2.82. The molecule has 0 N–H and O–H groups in total. The van der Waals surface area contributed by atoms with Crippen molar-refractivity contribution in [3.8, 4) is 5.75 Å². The van der Waals surface area contributed by atoms with Gasteiger partial charge in [-0.15, -0.1) is 0 Å². The molecule has 2 aliphatic rings. The van der Waals surface area contributed by atoms with Crippen LogP contribution in [0, 0.1) is 0 Å². The van der Waals surface area contributed by atoms with Gasteiger partial charge in [0.05, 0.1) is 5.69 Å². The molecular formula is C22H24N2O3. The van der Waals surface area contributed by atoms with Crippen LogP contribution in [-0.2, 0) is 9.59 Å². The highest BCUT2D eigenvalue weighted by atomic mass is 16.5. The summed E-state index contributed by atoms with van der Waals surface area (Å²) in [4.78, 5) is 29.1. The number of hydrogen-bond donors (Lipinski definition) is 0. The van der Waals surface area contributed by atoms with Crippen molar-refractivity contribution in [3.05, 3.63) is 54.1 Å². The predicted molar refractivity (Wildman–Crippen MR) is 105 cm³/mol. The SMILES string of the molecule is CC1Oc2ccccc2N(CCC(=O)N2CCC(C)c3ccccc32)C1=O. The lowest BCUT2D eigenvalue weighted by molar-refractivity contribution is -0.125. The first-order valence-corrected chi connectivity index (χ1v) is 9.52. The maximum absolute atomic E-state index is 13.0. The molecule has 2 atom stereocenters. The molecule has 4 rings (SSSR count). The third kappa shape index (κ3) is 3.18. The molecule has 0 aliphatic carbocycles. The summed E-state index contributed by atoms with van der Waals surface area (Å²) in [5.41, 5.74) is 2.96. The molecule has 0 saturated carbocycles. The van der Waals surface area contributed by atoms with Gasteiger partial charge in [-0.25, -0.2) is 0 Å². The summed E-state index contributed by atoms with van der Waals surface area (Å²) in [7, 11) is 0. The maximum Gasteiger partial charge on any atom is 0.267 e. The minimum absolute atomic E-state index is 0.0544. The Kier molecular flexibility index (Phi) is 4.60. The number of carbonyl (C=O) groups is 2. The summed E-state index contributed by atoms with van der Waals surface area (Å²) >= 11 is 0. The van der Waals surface area contributed by atoms with Crippen LogP contribution >= 0.6 is 0 Å². The number of carbonyl (C=O) groups excluding carboxylic acids is 2. The minimum atomic E-state index is -0.536. The van der Waals surface area contributed by atoms with Crippen molar-refractivity contribution in [1.82, 2.24) is 0 Å². The lowest BCUT2D eigenvalue weighted by Gasteiger charge is -2.35. The topological polar surface area (TPSA) is 49.9 Å². The zero-order valence-corrected chi connectivity index (χ0v) is 15.7. The molecule has 0 bridgehead atoms. The first-order valence-electron chi connectivity index (χ1n) is 9.52. The first-order chi connectivity index (χ1) is 13.1. The zero-order valence-electron chi connectivity index (χ0n) is 15.7. The number of nitrogens with zero attached hydrogens (tertiary/aromatic N) is 2. The molecule has 5 nitrogen and oxygen atoms in total. The van der Waals surface area contributed by atoms with E-state index >= 15 is 0 Å². The molecule has 27 heavy (non-hydrogen) atoms. The van der Waals surface area contributed by atoms with Crippen LogP contribution in [0.3, 0.4) is 0 Å². The highest BCUT2D eigenvalue weighted by Gasteiger charge is 2.32. The van der Waals surface area contributed by atoms with Crippen molar-refractivity contribution < 1.29 is 14.3 Å². The highest BCUT2D eigenvalue weighted by molar-refractivity contribution is 6.01. The Morgan fingerprint density at radius 2 is 1.78 bits per heavy atom. The number of rotatable bonds is 3. The first kappa shape index (κ1) is 17.6. The summed E-state index contributed by atoms with van der Waals surface area (Å²) in [6, 6.07) is 15.6. The van der Waals surface area contributed by atoms with E-state index in [0.29, 0.717) is 18.2 Å². The number of hydrogen-bond acceptors (Lipinski definition) is 3. The molecule has 2 heterocycles. The number of anilines is 2. The van der Waals surface area contributed by atoms with Crippen molar-refractivity contribution >= 4 is 23.2 Å². The van der Waals surface area contributed by atoms with Crippen molar-refractivity contribution in [2.75, 3.05) is 22.9 Å². The summed E-state index contributed by atoms with van der Waals surface area (Å²) in [6.45, 7) is 5.03. The van der Waals surface area contributed by atoms with Crippen LogP contribution in [0.4, 0.5) is 11.4 Å². The molecule has 2 unspecified atom stereocenters. The van der Waals surface area contributed by atoms with Crippen LogP contribution in [-0.4, -0.2) is 31.0 Å². The van der Waals surface area contributed by atoms with Crippen LogP contribution < -0.4 is 14.5 Å². The van der Waals surface area contributed by atoms with Crippen LogP contribution in [0.1, 0.15) is 38.2 Å². The summed E-state index contributed by atoms with van der Waals surface area (Å²) in [6.07, 6.45) is 0.709. The Bertz CT molecular complexity index is 879. The molecule has 2 aromatic carbocycles. The van der Waals surface area contributed by atoms with E-state index in [9.17, 15) is 9.59 Å². The average Bonchev–Trinajstić information content (AvgIpc) is 2.68. The monoisotopic (exact) mass is 364 g/mol. The molecule has 0 spiro atoms. The fraction of sp³-hybridized carbons (Fsp3) is 0.364. The van der Waals surface area contributed by atoms with Crippen molar-refractivity contribution in [3.63, 3.8) is 0 Å². The van der Waals surface area contributed by atoms with Crippen LogP contribution in [0.2, 0.25) is 0 Å². The minimum Gasteiger partial charge on any atom is -0.479 e. The number of ether oxygens (including phenoxy) is 1. The van der Waals surface area contributed by atoms with Gasteiger partial charge in [0.2, 0.25) is 5.91 Å². The second-order valence-electron chi connectivity index (χ2n) is 7.26. The van der Waals surface area contributed by atoms with Gasteiger partial charge in [0.25, 0.3) is 5.91 Å². The van der Waals surface area contributed by atoms with Gasteiger partial charge in [-0.2, -0.15) is 0 Å². The van der Waals surface area contributed by atoms with Gasteiger partial charge in [-0.05, 0) is 43.0 Å². The van der Waals surface area contributed by atoms with Crippen LogP contribution in [0.5, 0.6) is 5.75 Å². The van der Waals surface area contributed by atoms with Gasteiger partial charge in [0, 0.05) is 25.2 Å². The average molecular weight is 364 g/mol. The molecule has 0 radical (unpaired) electrons. The standard InChI is InChI=1S/C22H24N2O3/c1-15-11-13-23(18-8-4-3-7-17(15)18)21(25)12-14-24-19-9-5-6-10-20(19)27-16(2)22(24)26/h3-10,15-16H,11-14H2,1-2H3. The number of benzene rings is 2. The van der Waals surface area contributed by atoms with E-state index in [1.165, 1.54) is 5.56 Å². The smallest absolute Gasteiger partial charge is 0.267 e. The number of fused-ring (bicyclic) bond motifs is 2. The summed E-state index contributed by atoms with van der Waals surface area (Å²) in [5, 5.41) is 0. The number of para-hydroxylation sites is 3. The van der Waals surface area contributed by atoms with E-state index in [0.717, 1.165) is 24.3 Å². The third-order valence-electron chi connectivity index (χ3n) is 5.47. The molecular weight excluding hydrogens is 340 g/mol.